The highest BCUT2D eigenvalue weighted by atomic mass is 32.2. The summed E-state index contributed by atoms with van der Waals surface area (Å²) >= 11 is 1.34. The van der Waals surface area contributed by atoms with Crippen LogP contribution in [0.2, 0.25) is 0 Å². The van der Waals surface area contributed by atoms with Crippen molar-refractivity contribution in [2.45, 2.75) is 18.6 Å². The normalized spacial score (nSPS) is 23.6. The number of hydrogen-bond donors (Lipinski definition) is 2. The monoisotopic (exact) mass is 416 g/mol. The van der Waals surface area contributed by atoms with E-state index in [9.17, 15) is 4.79 Å². The molecule has 2 N–H and O–H groups in total. The van der Waals surface area contributed by atoms with Crippen LogP contribution in [-0.4, -0.2) is 35.3 Å². The van der Waals surface area contributed by atoms with E-state index in [-0.39, 0.29) is 17.7 Å². The molecule has 2 aliphatic heterocycles. The quantitative estimate of drug-likeness (QED) is 0.787. The average molecular weight is 416 g/mol. The zero-order chi connectivity index (χ0) is 20.3. The lowest BCUT2D eigenvalue weighted by molar-refractivity contribution is 0.00286. The zero-order valence-electron chi connectivity index (χ0n) is 15.6. The number of carbonyl (C=O) groups is 1. The minimum atomic E-state index is -1.19. The first-order valence-corrected chi connectivity index (χ1v) is 10.3. The number of nitrogens with zero attached hydrogens (tertiary/aromatic N) is 1. The van der Waals surface area contributed by atoms with E-state index >= 15 is 4.39 Å². The highest BCUT2D eigenvalue weighted by molar-refractivity contribution is 8.13. The molecular formula is C21H21FN2O4S. The van der Waals surface area contributed by atoms with E-state index in [1.54, 1.807) is 12.1 Å². The molecule has 0 aromatic heterocycles. The molecule has 0 aliphatic carbocycles. The maximum atomic E-state index is 15.2. The summed E-state index contributed by atoms with van der Waals surface area (Å²) in [4.78, 5) is 15.7. The van der Waals surface area contributed by atoms with Gasteiger partial charge in [-0.25, -0.2) is 14.2 Å². The Labute approximate surface area is 172 Å². The van der Waals surface area contributed by atoms with Crippen molar-refractivity contribution in [3.05, 3.63) is 65.5 Å². The van der Waals surface area contributed by atoms with Gasteiger partial charge in [0.25, 0.3) is 0 Å². The third-order valence-electron chi connectivity index (χ3n) is 5.20. The summed E-state index contributed by atoms with van der Waals surface area (Å²) in [5, 5.41) is 11.6. The molecule has 152 valence electrons. The van der Waals surface area contributed by atoms with Crippen LogP contribution in [-0.2, 0) is 16.9 Å². The molecule has 8 heteroatoms. The van der Waals surface area contributed by atoms with Crippen LogP contribution in [0.4, 0.5) is 9.18 Å². The first-order valence-electron chi connectivity index (χ1n) is 9.34. The molecule has 0 radical (unpaired) electrons. The highest BCUT2D eigenvalue weighted by Gasteiger charge is 2.47. The standard InChI is InChI=1S/C21H21FN2O4S/c22-18-10-16(28-11-14-4-2-1-3-5-14)6-7-17(18)21-13-27-9-8-15(21)12-29-19(24-21)23-20(25)26/h1-7,10,15H,8-9,11-13H2,(H,23,24)(H,25,26). The Hall–Kier alpha value is -2.58. The van der Waals surface area contributed by atoms with Crippen LogP contribution in [0.5, 0.6) is 5.75 Å². The summed E-state index contributed by atoms with van der Waals surface area (Å²) in [5.74, 6) is 0.703. The minimum absolute atomic E-state index is 0.0613. The molecule has 1 amide bonds. The second-order valence-corrected chi connectivity index (χ2v) is 8.05. The second-order valence-electron chi connectivity index (χ2n) is 7.04. The lowest BCUT2D eigenvalue weighted by Crippen LogP contribution is -2.49. The number of benzene rings is 2. The van der Waals surface area contributed by atoms with Crippen molar-refractivity contribution < 1.29 is 23.8 Å². The van der Waals surface area contributed by atoms with Gasteiger partial charge in [0.2, 0.25) is 0 Å². The summed E-state index contributed by atoms with van der Waals surface area (Å²) in [5.41, 5.74) is 0.456. The predicted octanol–water partition coefficient (Wildman–Crippen LogP) is 4.01. The van der Waals surface area contributed by atoms with Crippen LogP contribution in [0, 0.1) is 11.7 Å². The van der Waals surface area contributed by atoms with Crippen LogP contribution in [0.3, 0.4) is 0 Å². The molecular weight excluding hydrogens is 395 g/mol. The molecule has 29 heavy (non-hydrogen) atoms. The van der Waals surface area contributed by atoms with E-state index in [1.807, 2.05) is 30.3 Å². The minimum Gasteiger partial charge on any atom is -0.489 e. The van der Waals surface area contributed by atoms with E-state index in [0.29, 0.717) is 30.3 Å². The fourth-order valence-electron chi connectivity index (χ4n) is 3.74. The van der Waals surface area contributed by atoms with Crippen molar-refractivity contribution >= 4 is 23.0 Å². The van der Waals surface area contributed by atoms with Gasteiger partial charge in [-0.3, -0.25) is 5.32 Å². The molecule has 0 saturated carbocycles. The maximum Gasteiger partial charge on any atom is 0.410 e. The fourth-order valence-corrected chi connectivity index (χ4v) is 4.93. The lowest BCUT2D eigenvalue weighted by atomic mass is 9.76. The Bertz CT molecular complexity index is 924. The molecule has 2 aromatic rings. The van der Waals surface area contributed by atoms with Gasteiger partial charge in [0.05, 0.1) is 6.61 Å². The molecule has 2 unspecified atom stereocenters. The molecule has 4 rings (SSSR count). The summed E-state index contributed by atoms with van der Waals surface area (Å²) in [7, 11) is 0. The smallest absolute Gasteiger partial charge is 0.410 e. The number of amides is 1. The molecule has 1 fully saturated rings. The Morgan fingerprint density at radius 1 is 1.34 bits per heavy atom. The van der Waals surface area contributed by atoms with Gasteiger partial charge in [0.15, 0.2) is 5.17 Å². The first kappa shape index (κ1) is 19.7. The molecule has 2 aliphatic rings. The molecule has 2 atom stereocenters. The SMILES string of the molecule is O=C(O)NC1=NC2(c3ccc(OCc4ccccc4)cc3F)COCCC2CS1. The van der Waals surface area contributed by atoms with Crippen LogP contribution in [0.25, 0.3) is 0 Å². The summed E-state index contributed by atoms with van der Waals surface area (Å²) in [6.45, 7) is 1.15. The largest absolute Gasteiger partial charge is 0.489 e. The van der Waals surface area contributed by atoms with E-state index in [4.69, 9.17) is 14.6 Å². The number of carboxylic acid groups (broad SMARTS) is 1. The summed E-state index contributed by atoms with van der Waals surface area (Å²) in [6, 6.07) is 14.4. The number of fused-ring (bicyclic) bond motifs is 1. The van der Waals surface area contributed by atoms with E-state index in [0.717, 1.165) is 12.0 Å². The number of rotatable bonds is 4. The number of ether oxygens (including phenoxy) is 2. The fraction of sp³-hybridized carbons (Fsp3) is 0.333. The van der Waals surface area contributed by atoms with Crippen LogP contribution in [0.15, 0.2) is 53.5 Å². The van der Waals surface area contributed by atoms with Crippen molar-refractivity contribution in [1.29, 1.82) is 0 Å². The van der Waals surface area contributed by atoms with Crippen LogP contribution < -0.4 is 10.1 Å². The van der Waals surface area contributed by atoms with Crippen molar-refractivity contribution in [2.75, 3.05) is 19.0 Å². The number of nitrogens with one attached hydrogen (secondary N) is 1. The van der Waals surface area contributed by atoms with Crippen LogP contribution >= 0.6 is 11.8 Å². The van der Waals surface area contributed by atoms with Gasteiger partial charge in [0.1, 0.15) is 23.7 Å². The van der Waals surface area contributed by atoms with Gasteiger partial charge in [-0.15, -0.1) is 0 Å². The number of hydrogen-bond acceptors (Lipinski definition) is 5. The predicted molar refractivity (Wildman–Crippen MR) is 109 cm³/mol. The van der Waals surface area contributed by atoms with E-state index < -0.39 is 17.4 Å². The third kappa shape index (κ3) is 4.23. The topological polar surface area (TPSA) is 80.2 Å². The number of thioether (sulfide) groups is 1. The Kier molecular flexibility index (Phi) is 5.73. The van der Waals surface area contributed by atoms with Gasteiger partial charge in [-0.05, 0) is 24.1 Å². The molecule has 1 saturated heterocycles. The van der Waals surface area contributed by atoms with Gasteiger partial charge in [-0.2, -0.15) is 0 Å². The van der Waals surface area contributed by atoms with Crippen LogP contribution in [0.1, 0.15) is 17.5 Å². The third-order valence-corrected chi connectivity index (χ3v) is 6.24. The Morgan fingerprint density at radius 3 is 2.93 bits per heavy atom. The van der Waals surface area contributed by atoms with Gasteiger partial charge >= 0.3 is 6.09 Å². The summed E-state index contributed by atoms with van der Waals surface area (Å²) in [6.07, 6.45) is -0.450. The Balaban J connectivity index is 1.61. The molecule has 0 spiro atoms. The van der Waals surface area contributed by atoms with Gasteiger partial charge in [0, 0.05) is 29.9 Å². The Morgan fingerprint density at radius 2 is 2.17 bits per heavy atom. The average Bonchev–Trinajstić information content (AvgIpc) is 2.72. The van der Waals surface area contributed by atoms with Crippen molar-refractivity contribution in [2.24, 2.45) is 10.9 Å². The lowest BCUT2D eigenvalue weighted by Gasteiger charge is -2.44. The number of halogens is 1. The molecule has 2 aromatic carbocycles. The molecule has 6 nitrogen and oxygen atoms in total. The number of aliphatic imine (C=N–C) groups is 1. The number of amidine groups is 1. The second kappa shape index (κ2) is 8.42. The summed E-state index contributed by atoms with van der Waals surface area (Å²) < 4.78 is 26.5. The van der Waals surface area contributed by atoms with E-state index in [1.165, 1.54) is 17.8 Å². The van der Waals surface area contributed by atoms with Crippen molar-refractivity contribution in [3.63, 3.8) is 0 Å². The highest BCUT2D eigenvalue weighted by Crippen LogP contribution is 2.45. The van der Waals surface area contributed by atoms with Gasteiger partial charge in [-0.1, -0.05) is 42.1 Å². The van der Waals surface area contributed by atoms with Gasteiger partial charge < -0.3 is 14.6 Å². The van der Waals surface area contributed by atoms with Crippen molar-refractivity contribution in [1.82, 2.24) is 5.32 Å². The van der Waals surface area contributed by atoms with E-state index in [2.05, 4.69) is 10.3 Å². The molecule has 0 bridgehead atoms. The molecule has 2 heterocycles. The van der Waals surface area contributed by atoms with Crippen molar-refractivity contribution in [3.8, 4) is 5.75 Å². The zero-order valence-corrected chi connectivity index (χ0v) is 16.5. The first-order chi connectivity index (χ1) is 14.1. The maximum absolute atomic E-state index is 15.2.